The second-order valence-electron chi connectivity index (χ2n) is 6.24. The van der Waals surface area contributed by atoms with E-state index in [4.69, 9.17) is 0 Å². The van der Waals surface area contributed by atoms with Crippen LogP contribution in [0.5, 0.6) is 0 Å². The van der Waals surface area contributed by atoms with Gasteiger partial charge < -0.3 is 15.5 Å². The number of hydrogen-bond donors (Lipinski definition) is 2. The van der Waals surface area contributed by atoms with Gasteiger partial charge in [0.15, 0.2) is 5.96 Å². The average molecular weight is 563 g/mol. The van der Waals surface area contributed by atoms with Gasteiger partial charge in [-0.2, -0.15) is 0 Å². The third kappa shape index (κ3) is 7.38. The number of aliphatic imine (C=N–C) groups is 1. The zero-order chi connectivity index (χ0) is 19.8. The average Bonchev–Trinajstić information content (AvgIpc) is 2.65. The molecule has 5 nitrogen and oxygen atoms in total. The molecule has 0 saturated heterocycles. The minimum atomic E-state index is -0.269. The van der Waals surface area contributed by atoms with Crippen LogP contribution in [0.3, 0.4) is 0 Å². The van der Waals surface area contributed by atoms with Crippen LogP contribution in [0.4, 0.5) is 4.39 Å². The van der Waals surface area contributed by atoms with Crippen LogP contribution in [0.25, 0.3) is 0 Å². The number of hydrogen-bond acceptors (Lipinski definition) is 2. The first-order chi connectivity index (χ1) is 12.9. The standard InChI is InChI=1S/C20H24BrFN4O.HI/c1-23-20(25-13-16-7-8-17(21)12-18(16)22)24-10-9-14-5-4-6-15(11-14)19(27)26(2)3;/h4-8,11-12H,9-10,13H2,1-3H3,(H2,23,24,25);1H. The summed E-state index contributed by atoms with van der Waals surface area (Å²) in [6, 6.07) is 12.6. The third-order valence-corrected chi connectivity index (χ3v) is 4.46. The molecule has 0 spiro atoms. The van der Waals surface area contributed by atoms with E-state index in [1.165, 1.54) is 6.07 Å². The van der Waals surface area contributed by atoms with E-state index >= 15 is 0 Å². The van der Waals surface area contributed by atoms with Crippen molar-refractivity contribution in [1.82, 2.24) is 15.5 Å². The van der Waals surface area contributed by atoms with E-state index in [9.17, 15) is 9.18 Å². The van der Waals surface area contributed by atoms with E-state index in [-0.39, 0.29) is 35.7 Å². The van der Waals surface area contributed by atoms with Crippen molar-refractivity contribution >= 4 is 51.8 Å². The SMILES string of the molecule is CN=C(NCCc1cccc(C(=O)N(C)C)c1)NCc1ccc(Br)cc1F.I. The maximum atomic E-state index is 13.9. The van der Waals surface area contributed by atoms with Crippen LogP contribution in [0.2, 0.25) is 0 Å². The largest absolute Gasteiger partial charge is 0.356 e. The van der Waals surface area contributed by atoms with Gasteiger partial charge in [0.05, 0.1) is 0 Å². The Bertz CT molecular complexity index is 830. The molecule has 0 saturated carbocycles. The lowest BCUT2D eigenvalue weighted by molar-refractivity contribution is 0.0827. The summed E-state index contributed by atoms with van der Waals surface area (Å²) < 4.78 is 14.6. The number of rotatable bonds is 6. The van der Waals surface area contributed by atoms with Gasteiger partial charge in [-0.15, -0.1) is 24.0 Å². The zero-order valence-electron chi connectivity index (χ0n) is 16.1. The van der Waals surface area contributed by atoms with Gasteiger partial charge in [-0.05, 0) is 36.2 Å². The molecule has 2 aromatic carbocycles. The summed E-state index contributed by atoms with van der Waals surface area (Å²) in [6.07, 6.45) is 0.738. The Morgan fingerprint density at radius 1 is 1.18 bits per heavy atom. The maximum Gasteiger partial charge on any atom is 0.253 e. The molecule has 0 aromatic heterocycles. The lowest BCUT2D eigenvalue weighted by atomic mass is 10.1. The summed E-state index contributed by atoms with van der Waals surface area (Å²) in [5.41, 5.74) is 2.30. The second kappa shape index (κ2) is 12.0. The minimum absolute atomic E-state index is 0. The van der Waals surface area contributed by atoms with E-state index in [1.807, 2.05) is 24.3 Å². The molecule has 1 amide bonds. The third-order valence-electron chi connectivity index (χ3n) is 3.97. The van der Waals surface area contributed by atoms with Gasteiger partial charge in [-0.3, -0.25) is 9.79 Å². The molecule has 0 unspecified atom stereocenters. The Balaban J connectivity index is 0.00000392. The molecule has 0 fully saturated rings. The summed E-state index contributed by atoms with van der Waals surface area (Å²) in [4.78, 5) is 17.8. The van der Waals surface area contributed by atoms with E-state index in [0.717, 1.165) is 12.0 Å². The Kier molecular flexibility index (Phi) is 10.4. The van der Waals surface area contributed by atoms with Crippen molar-refractivity contribution in [3.05, 3.63) is 69.4 Å². The molecular weight excluding hydrogens is 538 g/mol. The van der Waals surface area contributed by atoms with E-state index in [1.54, 1.807) is 38.2 Å². The van der Waals surface area contributed by atoms with Crippen LogP contribution in [0.15, 0.2) is 51.9 Å². The van der Waals surface area contributed by atoms with E-state index in [0.29, 0.717) is 34.6 Å². The predicted molar refractivity (Wildman–Crippen MR) is 126 cm³/mol. The number of amides is 1. The van der Waals surface area contributed by atoms with Crippen LogP contribution >= 0.6 is 39.9 Å². The lowest BCUT2D eigenvalue weighted by Gasteiger charge is -2.13. The molecule has 2 aromatic rings. The monoisotopic (exact) mass is 562 g/mol. The van der Waals surface area contributed by atoms with E-state index in [2.05, 4.69) is 31.6 Å². The number of carbonyl (C=O) groups excluding carboxylic acids is 1. The fourth-order valence-electron chi connectivity index (χ4n) is 2.51. The van der Waals surface area contributed by atoms with Crippen LogP contribution in [-0.4, -0.2) is 44.5 Å². The van der Waals surface area contributed by atoms with Gasteiger partial charge in [0.2, 0.25) is 0 Å². The molecule has 152 valence electrons. The molecule has 0 heterocycles. The van der Waals surface area contributed by atoms with Gasteiger partial charge in [-0.1, -0.05) is 34.1 Å². The highest BCUT2D eigenvalue weighted by molar-refractivity contribution is 14.0. The quantitative estimate of drug-likeness (QED) is 0.320. The lowest BCUT2D eigenvalue weighted by Crippen LogP contribution is -2.38. The summed E-state index contributed by atoms with van der Waals surface area (Å²) >= 11 is 3.25. The van der Waals surface area contributed by atoms with Gasteiger partial charge >= 0.3 is 0 Å². The predicted octanol–water partition coefficient (Wildman–Crippen LogP) is 3.82. The molecule has 2 rings (SSSR count). The molecule has 0 radical (unpaired) electrons. The van der Waals surface area contributed by atoms with Crippen LogP contribution < -0.4 is 10.6 Å². The van der Waals surface area contributed by atoms with Crippen molar-refractivity contribution in [2.24, 2.45) is 4.99 Å². The summed E-state index contributed by atoms with van der Waals surface area (Å²) in [5, 5.41) is 6.30. The first kappa shape index (κ1) is 24.4. The smallest absolute Gasteiger partial charge is 0.253 e. The molecule has 28 heavy (non-hydrogen) atoms. The fourth-order valence-corrected chi connectivity index (χ4v) is 2.84. The molecule has 0 aliphatic carbocycles. The minimum Gasteiger partial charge on any atom is -0.356 e. The molecule has 0 bridgehead atoms. The van der Waals surface area contributed by atoms with Crippen molar-refractivity contribution in [1.29, 1.82) is 0 Å². The van der Waals surface area contributed by atoms with Gasteiger partial charge in [0.25, 0.3) is 5.91 Å². The molecule has 8 heteroatoms. The highest BCUT2D eigenvalue weighted by Crippen LogP contribution is 2.15. The molecular formula is C20H25BrFIN4O. The topological polar surface area (TPSA) is 56.7 Å². The molecule has 0 aliphatic rings. The normalized spacial score (nSPS) is 10.8. The number of nitrogens with zero attached hydrogens (tertiary/aromatic N) is 2. The van der Waals surface area contributed by atoms with Crippen LogP contribution in [0.1, 0.15) is 21.5 Å². The number of halogens is 3. The maximum absolute atomic E-state index is 13.9. The van der Waals surface area contributed by atoms with Gasteiger partial charge in [0, 0.05) is 49.8 Å². The van der Waals surface area contributed by atoms with E-state index < -0.39 is 0 Å². The summed E-state index contributed by atoms with van der Waals surface area (Å²) in [6.45, 7) is 0.980. The Hall–Kier alpha value is -1.68. The first-order valence-corrected chi connectivity index (χ1v) is 9.39. The van der Waals surface area contributed by atoms with Crippen LogP contribution in [-0.2, 0) is 13.0 Å². The van der Waals surface area contributed by atoms with Crippen molar-refractivity contribution in [2.45, 2.75) is 13.0 Å². The number of guanidine groups is 1. The highest BCUT2D eigenvalue weighted by atomic mass is 127. The summed E-state index contributed by atoms with van der Waals surface area (Å²) in [7, 11) is 5.14. The molecule has 2 N–H and O–H groups in total. The Labute approximate surface area is 191 Å². The van der Waals surface area contributed by atoms with Crippen molar-refractivity contribution < 1.29 is 9.18 Å². The van der Waals surface area contributed by atoms with Crippen molar-refractivity contribution in [3.63, 3.8) is 0 Å². The number of carbonyl (C=O) groups is 1. The number of nitrogens with one attached hydrogen (secondary N) is 2. The van der Waals surface area contributed by atoms with Gasteiger partial charge in [-0.25, -0.2) is 4.39 Å². The Morgan fingerprint density at radius 3 is 2.57 bits per heavy atom. The fraction of sp³-hybridized carbons (Fsp3) is 0.300. The molecule has 0 atom stereocenters. The van der Waals surface area contributed by atoms with Crippen molar-refractivity contribution in [3.8, 4) is 0 Å². The zero-order valence-corrected chi connectivity index (χ0v) is 20.0. The Morgan fingerprint density at radius 2 is 1.93 bits per heavy atom. The van der Waals surface area contributed by atoms with Crippen LogP contribution in [0, 0.1) is 5.82 Å². The van der Waals surface area contributed by atoms with Gasteiger partial charge in [0.1, 0.15) is 5.82 Å². The number of benzene rings is 2. The summed E-state index contributed by atoms with van der Waals surface area (Å²) in [5.74, 6) is 0.311. The highest BCUT2D eigenvalue weighted by Gasteiger charge is 2.08. The second-order valence-corrected chi connectivity index (χ2v) is 7.15. The first-order valence-electron chi connectivity index (χ1n) is 8.59. The molecule has 0 aliphatic heterocycles. The van der Waals surface area contributed by atoms with Crippen molar-refractivity contribution in [2.75, 3.05) is 27.7 Å².